The molecule has 118 valence electrons. The van der Waals surface area contributed by atoms with E-state index < -0.39 is 6.61 Å². The summed E-state index contributed by atoms with van der Waals surface area (Å²) >= 11 is 3.35. The van der Waals surface area contributed by atoms with E-state index >= 15 is 0 Å². The molecule has 0 atom stereocenters. The number of halogens is 3. The summed E-state index contributed by atoms with van der Waals surface area (Å²) in [5.74, 6) is -0.165. The van der Waals surface area contributed by atoms with Crippen molar-refractivity contribution in [3.63, 3.8) is 0 Å². The standard InChI is InChI=1S/C15H20BrF2NO2/c1-3-12(4-2)19(9-8-16)14(20)11-6-5-7-13(10-11)21-15(17)18/h5-7,10,12,15H,3-4,8-9H2,1-2H3. The van der Waals surface area contributed by atoms with E-state index in [1.54, 1.807) is 17.0 Å². The molecule has 0 saturated carbocycles. The van der Waals surface area contributed by atoms with Gasteiger partial charge in [-0.05, 0) is 31.0 Å². The summed E-state index contributed by atoms with van der Waals surface area (Å²) < 4.78 is 28.8. The first-order chi connectivity index (χ1) is 10.0. The second kappa shape index (κ2) is 8.97. The first-order valence-electron chi connectivity index (χ1n) is 6.95. The topological polar surface area (TPSA) is 29.5 Å². The maximum Gasteiger partial charge on any atom is 0.387 e. The molecule has 0 aromatic heterocycles. The number of amides is 1. The van der Waals surface area contributed by atoms with E-state index in [4.69, 9.17) is 0 Å². The van der Waals surface area contributed by atoms with Crippen LogP contribution in [0.25, 0.3) is 0 Å². The second-order valence-electron chi connectivity index (χ2n) is 4.56. The lowest BCUT2D eigenvalue weighted by Crippen LogP contribution is -2.41. The highest BCUT2D eigenvalue weighted by molar-refractivity contribution is 9.09. The number of hydrogen-bond acceptors (Lipinski definition) is 2. The molecule has 0 N–H and O–H groups in total. The number of alkyl halides is 3. The first kappa shape index (κ1) is 17.9. The smallest absolute Gasteiger partial charge is 0.387 e. The van der Waals surface area contributed by atoms with Crippen LogP contribution < -0.4 is 4.74 Å². The number of carbonyl (C=O) groups is 1. The number of nitrogens with zero attached hydrogens (tertiary/aromatic N) is 1. The molecule has 6 heteroatoms. The van der Waals surface area contributed by atoms with Crippen molar-refractivity contribution in [2.24, 2.45) is 0 Å². The molecular weight excluding hydrogens is 344 g/mol. The van der Waals surface area contributed by atoms with Gasteiger partial charge in [0.05, 0.1) is 0 Å². The monoisotopic (exact) mass is 363 g/mol. The minimum absolute atomic E-state index is 0.000751. The third kappa shape index (κ3) is 5.26. The van der Waals surface area contributed by atoms with Gasteiger partial charge in [-0.1, -0.05) is 35.8 Å². The predicted molar refractivity (Wildman–Crippen MR) is 82.3 cm³/mol. The molecule has 3 nitrogen and oxygen atoms in total. The lowest BCUT2D eigenvalue weighted by molar-refractivity contribution is -0.0499. The van der Waals surface area contributed by atoms with Crippen molar-refractivity contribution < 1.29 is 18.3 Å². The van der Waals surface area contributed by atoms with Crippen molar-refractivity contribution in [2.75, 3.05) is 11.9 Å². The quantitative estimate of drug-likeness (QED) is 0.644. The number of hydrogen-bond donors (Lipinski definition) is 0. The van der Waals surface area contributed by atoms with Crippen LogP contribution in [0.4, 0.5) is 8.78 Å². The van der Waals surface area contributed by atoms with Crippen molar-refractivity contribution in [2.45, 2.75) is 39.3 Å². The highest BCUT2D eigenvalue weighted by atomic mass is 79.9. The van der Waals surface area contributed by atoms with Crippen LogP contribution in [-0.2, 0) is 0 Å². The van der Waals surface area contributed by atoms with Gasteiger partial charge >= 0.3 is 6.61 Å². The van der Waals surface area contributed by atoms with E-state index in [2.05, 4.69) is 20.7 Å². The van der Waals surface area contributed by atoms with E-state index in [-0.39, 0.29) is 17.7 Å². The third-order valence-corrected chi connectivity index (χ3v) is 3.63. The van der Waals surface area contributed by atoms with Gasteiger partial charge < -0.3 is 9.64 Å². The molecule has 0 bridgehead atoms. The molecule has 1 amide bonds. The summed E-state index contributed by atoms with van der Waals surface area (Å²) in [6.07, 6.45) is 1.70. The average Bonchev–Trinajstić information content (AvgIpc) is 2.46. The normalized spacial score (nSPS) is 11.0. The maximum atomic E-state index is 12.6. The van der Waals surface area contributed by atoms with Crippen LogP contribution in [0.15, 0.2) is 24.3 Å². The Labute approximate surface area is 132 Å². The Bertz CT molecular complexity index is 453. The van der Waals surface area contributed by atoms with Crippen molar-refractivity contribution in [3.05, 3.63) is 29.8 Å². The highest BCUT2D eigenvalue weighted by Gasteiger charge is 2.22. The van der Waals surface area contributed by atoms with E-state index in [9.17, 15) is 13.6 Å². The van der Waals surface area contributed by atoms with Gasteiger partial charge in [-0.15, -0.1) is 0 Å². The molecule has 0 saturated heterocycles. The minimum Gasteiger partial charge on any atom is -0.435 e. The molecule has 21 heavy (non-hydrogen) atoms. The molecule has 1 aromatic carbocycles. The number of rotatable bonds is 8. The Morgan fingerprint density at radius 1 is 1.33 bits per heavy atom. The largest absolute Gasteiger partial charge is 0.435 e. The number of carbonyl (C=O) groups excluding carboxylic acids is 1. The van der Waals surface area contributed by atoms with Crippen LogP contribution in [0, 0.1) is 0 Å². The molecule has 0 fully saturated rings. The summed E-state index contributed by atoms with van der Waals surface area (Å²) in [5.41, 5.74) is 0.362. The van der Waals surface area contributed by atoms with Gasteiger partial charge in [0.1, 0.15) is 5.75 Å². The molecule has 0 aliphatic heterocycles. The molecule has 1 rings (SSSR count). The zero-order chi connectivity index (χ0) is 15.8. The van der Waals surface area contributed by atoms with Gasteiger partial charge in [-0.25, -0.2) is 0 Å². The zero-order valence-electron chi connectivity index (χ0n) is 12.2. The van der Waals surface area contributed by atoms with Crippen LogP contribution >= 0.6 is 15.9 Å². The molecule has 0 radical (unpaired) electrons. The minimum atomic E-state index is -2.90. The molecule has 0 unspecified atom stereocenters. The number of benzene rings is 1. The van der Waals surface area contributed by atoms with E-state index in [1.807, 2.05) is 13.8 Å². The maximum absolute atomic E-state index is 12.6. The van der Waals surface area contributed by atoms with E-state index in [1.165, 1.54) is 12.1 Å². The van der Waals surface area contributed by atoms with Crippen molar-refractivity contribution in [1.29, 1.82) is 0 Å². The Hall–Kier alpha value is -1.17. The van der Waals surface area contributed by atoms with Crippen molar-refractivity contribution in [1.82, 2.24) is 4.90 Å². The van der Waals surface area contributed by atoms with Crippen molar-refractivity contribution in [3.8, 4) is 5.75 Å². The van der Waals surface area contributed by atoms with Crippen LogP contribution in [0.5, 0.6) is 5.75 Å². The SMILES string of the molecule is CCC(CC)N(CCBr)C(=O)c1cccc(OC(F)F)c1. The molecule has 0 spiro atoms. The van der Waals surface area contributed by atoms with Crippen LogP contribution in [0.1, 0.15) is 37.0 Å². The summed E-state index contributed by atoms with van der Waals surface area (Å²) in [6, 6.07) is 6.07. The molecule has 1 aromatic rings. The average molecular weight is 364 g/mol. The van der Waals surface area contributed by atoms with E-state index in [0.29, 0.717) is 17.4 Å². The summed E-state index contributed by atoms with van der Waals surface area (Å²) in [5, 5.41) is 0.669. The van der Waals surface area contributed by atoms with Gasteiger partial charge in [0.15, 0.2) is 0 Å². The Kier molecular flexibility index (Phi) is 7.64. The van der Waals surface area contributed by atoms with Gasteiger partial charge in [-0.2, -0.15) is 8.78 Å². The third-order valence-electron chi connectivity index (χ3n) is 3.28. The molecular formula is C15H20BrF2NO2. The van der Waals surface area contributed by atoms with Gasteiger partial charge in [0.25, 0.3) is 5.91 Å². The van der Waals surface area contributed by atoms with E-state index in [0.717, 1.165) is 12.8 Å². The molecule has 0 aliphatic carbocycles. The van der Waals surface area contributed by atoms with Gasteiger partial charge in [0, 0.05) is 23.5 Å². The fourth-order valence-corrected chi connectivity index (χ4v) is 2.62. The highest BCUT2D eigenvalue weighted by Crippen LogP contribution is 2.19. The second-order valence-corrected chi connectivity index (χ2v) is 5.36. The number of ether oxygens (including phenoxy) is 1. The first-order valence-corrected chi connectivity index (χ1v) is 8.07. The summed E-state index contributed by atoms with van der Waals surface area (Å²) in [4.78, 5) is 14.4. The van der Waals surface area contributed by atoms with Crippen LogP contribution in [0.3, 0.4) is 0 Å². The summed E-state index contributed by atoms with van der Waals surface area (Å²) in [6.45, 7) is 1.73. The van der Waals surface area contributed by atoms with Crippen molar-refractivity contribution >= 4 is 21.8 Å². The lowest BCUT2D eigenvalue weighted by Gasteiger charge is -2.30. The Morgan fingerprint density at radius 2 is 2.00 bits per heavy atom. The predicted octanol–water partition coefficient (Wildman–Crippen LogP) is 4.31. The Morgan fingerprint density at radius 3 is 2.52 bits per heavy atom. The Balaban J connectivity index is 2.97. The molecule has 0 heterocycles. The summed E-state index contributed by atoms with van der Waals surface area (Å²) in [7, 11) is 0. The van der Waals surface area contributed by atoms with Crippen LogP contribution in [0.2, 0.25) is 0 Å². The molecule has 0 aliphatic rings. The van der Waals surface area contributed by atoms with Gasteiger partial charge in [0.2, 0.25) is 0 Å². The van der Waals surface area contributed by atoms with Crippen LogP contribution in [-0.4, -0.2) is 35.3 Å². The lowest BCUT2D eigenvalue weighted by atomic mass is 10.1. The van der Waals surface area contributed by atoms with Gasteiger partial charge in [-0.3, -0.25) is 4.79 Å². The zero-order valence-corrected chi connectivity index (χ0v) is 13.8. The fraction of sp³-hybridized carbons (Fsp3) is 0.533. The fourth-order valence-electron chi connectivity index (χ4n) is 2.24.